The van der Waals surface area contributed by atoms with Crippen LogP contribution in [0.3, 0.4) is 0 Å². The molecule has 0 saturated carbocycles. The number of benzene rings is 2. The lowest BCUT2D eigenvalue weighted by atomic mass is 10.0. The van der Waals surface area contributed by atoms with Gasteiger partial charge in [0.1, 0.15) is 11.8 Å². The first-order valence-electron chi connectivity index (χ1n) is 9.92. The molecule has 30 heavy (non-hydrogen) atoms. The van der Waals surface area contributed by atoms with E-state index in [1.54, 1.807) is 30.5 Å². The van der Waals surface area contributed by atoms with Gasteiger partial charge in [-0.3, -0.25) is 14.6 Å². The highest BCUT2D eigenvalue weighted by Crippen LogP contribution is 2.11. The molecule has 1 unspecified atom stereocenters. The number of amides is 2. The molecule has 0 spiro atoms. The molecule has 1 atom stereocenters. The maximum absolute atomic E-state index is 12.8. The highest BCUT2D eigenvalue weighted by Gasteiger charge is 2.21. The zero-order valence-electron chi connectivity index (χ0n) is 16.6. The second-order valence-corrected chi connectivity index (χ2v) is 7.02. The van der Waals surface area contributed by atoms with Crippen molar-refractivity contribution < 1.29 is 14.7 Å². The number of hydrogen-bond donors (Lipinski definition) is 3. The average molecular weight is 403 g/mol. The molecule has 0 aliphatic rings. The SMILES string of the molecule is O=C(NC(Cc1ccccc1)C(=O)NCCCc1ccc(O)cc1)c1cccnc1. The highest BCUT2D eigenvalue weighted by atomic mass is 16.3. The molecule has 3 rings (SSSR count). The molecule has 1 aromatic heterocycles. The number of hydrogen-bond acceptors (Lipinski definition) is 4. The largest absolute Gasteiger partial charge is 0.508 e. The minimum atomic E-state index is -0.686. The topological polar surface area (TPSA) is 91.3 Å². The van der Waals surface area contributed by atoms with Gasteiger partial charge >= 0.3 is 0 Å². The smallest absolute Gasteiger partial charge is 0.253 e. The molecule has 2 amide bonds. The Hall–Kier alpha value is -3.67. The van der Waals surface area contributed by atoms with E-state index in [2.05, 4.69) is 15.6 Å². The third kappa shape index (κ3) is 6.44. The van der Waals surface area contributed by atoms with Gasteiger partial charge < -0.3 is 15.7 Å². The predicted octanol–water partition coefficient (Wildman–Crippen LogP) is 2.88. The van der Waals surface area contributed by atoms with E-state index in [0.29, 0.717) is 18.5 Å². The van der Waals surface area contributed by atoms with Crippen LogP contribution in [0.25, 0.3) is 0 Å². The lowest BCUT2D eigenvalue weighted by Gasteiger charge is -2.19. The van der Waals surface area contributed by atoms with E-state index in [0.717, 1.165) is 24.0 Å². The molecular formula is C24H25N3O3. The normalized spacial score (nSPS) is 11.5. The summed E-state index contributed by atoms with van der Waals surface area (Å²) in [5.41, 5.74) is 2.47. The van der Waals surface area contributed by atoms with Gasteiger partial charge in [-0.25, -0.2) is 0 Å². The van der Waals surface area contributed by atoms with E-state index in [-0.39, 0.29) is 17.6 Å². The van der Waals surface area contributed by atoms with Crippen LogP contribution >= 0.6 is 0 Å². The van der Waals surface area contributed by atoms with Crippen molar-refractivity contribution in [3.63, 3.8) is 0 Å². The summed E-state index contributed by atoms with van der Waals surface area (Å²) in [6.07, 6.45) is 5.01. The molecule has 0 fully saturated rings. The Morgan fingerprint density at radius 3 is 2.40 bits per heavy atom. The first-order valence-corrected chi connectivity index (χ1v) is 9.92. The fourth-order valence-corrected chi connectivity index (χ4v) is 3.09. The summed E-state index contributed by atoms with van der Waals surface area (Å²) in [6, 6.07) is 19.3. The molecule has 154 valence electrons. The first kappa shape index (κ1) is 21.0. The van der Waals surface area contributed by atoms with Gasteiger partial charge in [-0.15, -0.1) is 0 Å². The third-order valence-electron chi connectivity index (χ3n) is 4.71. The van der Waals surface area contributed by atoms with Crippen LogP contribution in [-0.4, -0.2) is 34.5 Å². The molecule has 3 aromatic rings. The van der Waals surface area contributed by atoms with Crippen LogP contribution in [-0.2, 0) is 17.6 Å². The zero-order chi connectivity index (χ0) is 21.2. The number of carbonyl (C=O) groups is 2. The molecular weight excluding hydrogens is 378 g/mol. The van der Waals surface area contributed by atoms with E-state index in [9.17, 15) is 14.7 Å². The van der Waals surface area contributed by atoms with E-state index in [1.165, 1.54) is 6.20 Å². The lowest BCUT2D eigenvalue weighted by molar-refractivity contribution is -0.122. The molecule has 0 radical (unpaired) electrons. The van der Waals surface area contributed by atoms with Gasteiger partial charge in [-0.1, -0.05) is 42.5 Å². The van der Waals surface area contributed by atoms with Crippen LogP contribution in [0.1, 0.15) is 27.9 Å². The number of phenolic OH excluding ortho intramolecular Hbond substituents is 1. The quantitative estimate of drug-likeness (QED) is 0.479. The maximum atomic E-state index is 12.8. The van der Waals surface area contributed by atoms with Crippen LogP contribution < -0.4 is 10.6 Å². The van der Waals surface area contributed by atoms with E-state index in [4.69, 9.17) is 0 Å². The van der Waals surface area contributed by atoms with E-state index < -0.39 is 6.04 Å². The lowest BCUT2D eigenvalue weighted by Crippen LogP contribution is -2.48. The van der Waals surface area contributed by atoms with Crippen molar-refractivity contribution in [3.05, 3.63) is 95.8 Å². The minimum absolute atomic E-state index is 0.221. The third-order valence-corrected chi connectivity index (χ3v) is 4.71. The van der Waals surface area contributed by atoms with Gasteiger partial charge in [0, 0.05) is 25.4 Å². The van der Waals surface area contributed by atoms with Gasteiger partial charge in [0.2, 0.25) is 5.91 Å². The minimum Gasteiger partial charge on any atom is -0.508 e. The summed E-state index contributed by atoms with van der Waals surface area (Å²) in [4.78, 5) is 29.3. The van der Waals surface area contributed by atoms with Crippen molar-refractivity contribution in [2.24, 2.45) is 0 Å². The number of phenols is 1. The standard InChI is InChI=1S/C24H25N3O3/c28-21-12-10-18(11-13-21)8-4-15-26-24(30)22(16-19-6-2-1-3-7-19)27-23(29)20-9-5-14-25-17-20/h1-3,5-7,9-14,17,22,28H,4,8,15-16H2,(H,26,30)(H,27,29). The molecule has 2 aromatic carbocycles. The van der Waals surface area contributed by atoms with E-state index in [1.807, 2.05) is 42.5 Å². The average Bonchev–Trinajstić information content (AvgIpc) is 2.78. The summed E-state index contributed by atoms with van der Waals surface area (Å²) in [7, 11) is 0. The van der Waals surface area contributed by atoms with Crippen molar-refractivity contribution >= 4 is 11.8 Å². The van der Waals surface area contributed by atoms with Crippen molar-refractivity contribution in [1.29, 1.82) is 0 Å². The molecule has 0 bridgehead atoms. The summed E-state index contributed by atoms with van der Waals surface area (Å²) in [5, 5.41) is 15.1. The van der Waals surface area contributed by atoms with Crippen LogP contribution in [0.4, 0.5) is 0 Å². The van der Waals surface area contributed by atoms with Gasteiger partial charge in [-0.05, 0) is 48.2 Å². The molecule has 6 nitrogen and oxygen atoms in total. The molecule has 0 aliphatic heterocycles. The van der Waals surface area contributed by atoms with Crippen molar-refractivity contribution in [3.8, 4) is 5.75 Å². The first-order chi connectivity index (χ1) is 14.6. The number of aromatic nitrogens is 1. The number of carbonyl (C=O) groups excluding carboxylic acids is 2. The van der Waals surface area contributed by atoms with Crippen molar-refractivity contribution in [2.45, 2.75) is 25.3 Å². The van der Waals surface area contributed by atoms with Gasteiger partial charge in [0.05, 0.1) is 5.56 Å². The number of rotatable bonds is 9. The second-order valence-electron chi connectivity index (χ2n) is 7.02. The van der Waals surface area contributed by atoms with Crippen LogP contribution in [0, 0.1) is 0 Å². The van der Waals surface area contributed by atoms with Crippen molar-refractivity contribution in [2.75, 3.05) is 6.54 Å². The number of aryl methyl sites for hydroxylation is 1. The highest BCUT2D eigenvalue weighted by molar-refractivity contribution is 5.97. The Bertz CT molecular complexity index is 944. The number of aromatic hydroxyl groups is 1. The zero-order valence-corrected chi connectivity index (χ0v) is 16.6. The van der Waals surface area contributed by atoms with Gasteiger partial charge in [0.15, 0.2) is 0 Å². The second kappa shape index (κ2) is 10.8. The molecule has 6 heteroatoms. The summed E-state index contributed by atoms with van der Waals surface area (Å²) < 4.78 is 0. The van der Waals surface area contributed by atoms with E-state index >= 15 is 0 Å². The maximum Gasteiger partial charge on any atom is 0.253 e. The Balaban J connectivity index is 1.57. The Morgan fingerprint density at radius 2 is 1.70 bits per heavy atom. The number of nitrogens with one attached hydrogen (secondary N) is 2. The predicted molar refractivity (Wildman–Crippen MR) is 115 cm³/mol. The summed E-state index contributed by atoms with van der Waals surface area (Å²) in [6.45, 7) is 0.494. The summed E-state index contributed by atoms with van der Waals surface area (Å²) >= 11 is 0. The number of pyridine rings is 1. The molecule has 0 aliphatic carbocycles. The van der Waals surface area contributed by atoms with Gasteiger partial charge in [-0.2, -0.15) is 0 Å². The van der Waals surface area contributed by atoms with Crippen molar-refractivity contribution in [1.82, 2.24) is 15.6 Å². The van der Waals surface area contributed by atoms with Gasteiger partial charge in [0.25, 0.3) is 5.91 Å². The van der Waals surface area contributed by atoms with Crippen LogP contribution in [0.2, 0.25) is 0 Å². The summed E-state index contributed by atoms with van der Waals surface area (Å²) in [5.74, 6) is -0.315. The van der Waals surface area contributed by atoms with Crippen LogP contribution in [0.5, 0.6) is 5.75 Å². The fourth-order valence-electron chi connectivity index (χ4n) is 3.09. The monoisotopic (exact) mass is 403 g/mol. The Labute approximate surface area is 176 Å². The fraction of sp³-hybridized carbons (Fsp3) is 0.208. The molecule has 0 saturated heterocycles. The number of nitrogens with zero attached hydrogens (tertiary/aromatic N) is 1. The van der Waals surface area contributed by atoms with Crippen LogP contribution in [0.15, 0.2) is 79.1 Å². The Kier molecular flexibility index (Phi) is 7.55. The molecule has 3 N–H and O–H groups in total. The molecule has 1 heterocycles. The Morgan fingerprint density at radius 1 is 0.933 bits per heavy atom.